The highest BCUT2D eigenvalue weighted by atomic mass is 35.5. The smallest absolute Gasteiger partial charge is 0.410 e. The number of piperidine rings is 1. The van der Waals surface area contributed by atoms with Crippen molar-refractivity contribution in [2.75, 3.05) is 32.7 Å². The van der Waals surface area contributed by atoms with Gasteiger partial charge in [0.1, 0.15) is 12.1 Å². The molecule has 0 saturated carbocycles. The summed E-state index contributed by atoms with van der Waals surface area (Å²) in [5.41, 5.74) is 0.454. The number of carbonyl (C=O) groups is 3. The molecule has 31 heavy (non-hydrogen) atoms. The van der Waals surface area contributed by atoms with Gasteiger partial charge in [0.15, 0.2) is 0 Å². The van der Waals surface area contributed by atoms with E-state index in [0.717, 1.165) is 24.9 Å². The minimum atomic E-state index is -0.591. The number of hydrogen-bond acceptors (Lipinski definition) is 4. The van der Waals surface area contributed by atoms with Crippen LogP contribution in [0.15, 0.2) is 24.3 Å². The van der Waals surface area contributed by atoms with Crippen LogP contribution in [0.25, 0.3) is 0 Å². The molecule has 1 unspecified atom stereocenters. The topological polar surface area (TPSA) is 70.2 Å². The number of benzene rings is 1. The zero-order valence-corrected chi connectivity index (χ0v) is 19.4. The average Bonchev–Trinajstić information content (AvgIpc) is 2.71. The number of hydrogen-bond donors (Lipinski definition) is 0. The summed E-state index contributed by atoms with van der Waals surface area (Å²) in [5.74, 6) is 0.0138. The predicted molar refractivity (Wildman–Crippen MR) is 119 cm³/mol. The van der Waals surface area contributed by atoms with Gasteiger partial charge in [0, 0.05) is 43.7 Å². The summed E-state index contributed by atoms with van der Waals surface area (Å²) >= 11 is 6.02. The maximum atomic E-state index is 12.8. The molecule has 1 aromatic carbocycles. The summed E-state index contributed by atoms with van der Waals surface area (Å²) < 4.78 is 5.38. The van der Waals surface area contributed by atoms with Crippen LogP contribution in [0.1, 0.15) is 45.6 Å². The highest BCUT2D eigenvalue weighted by Gasteiger charge is 2.36. The molecule has 0 spiro atoms. The van der Waals surface area contributed by atoms with Crippen molar-refractivity contribution < 1.29 is 19.1 Å². The third kappa shape index (κ3) is 6.60. The van der Waals surface area contributed by atoms with E-state index < -0.39 is 11.7 Å². The third-order valence-corrected chi connectivity index (χ3v) is 5.85. The first kappa shape index (κ1) is 23.4. The second-order valence-corrected chi connectivity index (χ2v) is 9.69. The lowest BCUT2D eigenvalue weighted by Gasteiger charge is -2.43. The van der Waals surface area contributed by atoms with Crippen molar-refractivity contribution in [3.05, 3.63) is 34.9 Å². The Labute approximate surface area is 189 Å². The Kier molecular flexibility index (Phi) is 7.46. The van der Waals surface area contributed by atoms with Gasteiger partial charge in [-0.1, -0.05) is 23.7 Å². The molecule has 3 rings (SSSR count). The fraction of sp³-hybridized carbons (Fsp3) is 0.609. The van der Waals surface area contributed by atoms with E-state index in [1.54, 1.807) is 0 Å². The zero-order chi connectivity index (χ0) is 22.6. The molecule has 0 aromatic heterocycles. The molecule has 2 heterocycles. The number of amides is 3. The second-order valence-electron chi connectivity index (χ2n) is 9.25. The molecule has 7 nitrogen and oxygen atoms in total. The minimum Gasteiger partial charge on any atom is -0.444 e. The first-order valence-electron chi connectivity index (χ1n) is 10.9. The van der Waals surface area contributed by atoms with Crippen LogP contribution in [0, 0.1) is 0 Å². The quantitative estimate of drug-likeness (QED) is 0.706. The highest BCUT2D eigenvalue weighted by molar-refractivity contribution is 6.30. The molecular formula is C23H32ClN3O4. The molecular weight excluding hydrogens is 418 g/mol. The third-order valence-electron chi connectivity index (χ3n) is 5.62. The Hall–Kier alpha value is -2.28. The Morgan fingerprint density at radius 3 is 2.61 bits per heavy atom. The molecule has 0 aliphatic carbocycles. The molecule has 2 fully saturated rings. The van der Waals surface area contributed by atoms with Crippen LogP contribution in [-0.2, 0) is 20.7 Å². The SMILES string of the molecule is CC(C)(C)OC(=O)N1CCN(C2CCCN(C(=O)CCc3cccc(Cl)c3)C2)C(=O)C1. The van der Waals surface area contributed by atoms with E-state index in [0.29, 0.717) is 37.5 Å². The van der Waals surface area contributed by atoms with Gasteiger partial charge in [0.25, 0.3) is 0 Å². The van der Waals surface area contributed by atoms with E-state index in [1.165, 1.54) is 4.90 Å². The molecule has 0 bridgehead atoms. The van der Waals surface area contributed by atoms with Crippen molar-refractivity contribution in [1.82, 2.24) is 14.7 Å². The molecule has 2 aliphatic heterocycles. The van der Waals surface area contributed by atoms with Gasteiger partial charge in [0.05, 0.1) is 0 Å². The molecule has 3 amide bonds. The Morgan fingerprint density at radius 1 is 1.16 bits per heavy atom. The molecule has 2 saturated heterocycles. The summed E-state index contributed by atoms with van der Waals surface area (Å²) in [6, 6.07) is 7.57. The molecule has 2 aliphatic rings. The lowest BCUT2D eigenvalue weighted by molar-refractivity contribution is -0.143. The number of piperazine rings is 1. The van der Waals surface area contributed by atoms with Crippen LogP contribution in [-0.4, -0.2) is 77.0 Å². The molecule has 1 atom stereocenters. The second kappa shape index (κ2) is 9.90. The van der Waals surface area contributed by atoms with Crippen molar-refractivity contribution in [2.24, 2.45) is 0 Å². The summed E-state index contributed by atoms with van der Waals surface area (Å²) in [4.78, 5) is 42.9. The Morgan fingerprint density at radius 2 is 1.94 bits per heavy atom. The van der Waals surface area contributed by atoms with Gasteiger partial charge < -0.3 is 14.5 Å². The number of halogens is 1. The van der Waals surface area contributed by atoms with Gasteiger partial charge in [-0.15, -0.1) is 0 Å². The van der Waals surface area contributed by atoms with Crippen molar-refractivity contribution >= 4 is 29.5 Å². The first-order chi connectivity index (χ1) is 14.6. The number of nitrogens with zero attached hydrogens (tertiary/aromatic N) is 3. The van der Waals surface area contributed by atoms with Gasteiger partial charge in [-0.3, -0.25) is 14.5 Å². The molecule has 0 N–H and O–H groups in total. The number of ether oxygens (including phenoxy) is 1. The van der Waals surface area contributed by atoms with Gasteiger partial charge in [-0.05, 0) is 57.7 Å². The van der Waals surface area contributed by atoms with Gasteiger partial charge in [0.2, 0.25) is 11.8 Å². The van der Waals surface area contributed by atoms with Crippen LogP contribution in [0.3, 0.4) is 0 Å². The monoisotopic (exact) mass is 449 g/mol. The van der Waals surface area contributed by atoms with E-state index in [9.17, 15) is 14.4 Å². The van der Waals surface area contributed by atoms with Crippen molar-refractivity contribution in [3.63, 3.8) is 0 Å². The van der Waals surface area contributed by atoms with Crippen molar-refractivity contribution in [2.45, 2.75) is 58.1 Å². The maximum Gasteiger partial charge on any atom is 0.410 e. The van der Waals surface area contributed by atoms with Gasteiger partial charge in [-0.2, -0.15) is 0 Å². The Balaban J connectivity index is 1.51. The van der Waals surface area contributed by atoms with Crippen molar-refractivity contribution in [1.29, 1.82) is 0 Å². The molecule has 0 radical (unpaired) electrons. The van der Waals surface area contributed by atoms with Crippen LogP contribution in [0.5, 0.6) is 0 Å². The van der Waals surface area contributed by atoms with Crippen LogP contribution >= 0.6 is 11.6 Å². The number of carbonyl (C=O) groups excluding carboxylic acids is 3. The summed E-state index contributed by atoms with van der Waals surface area (Å²) in [6.07, 6.45) is 2.35. The number of rotatable bonds is 4. The Bertz CT molecular complexity index is 823. The van der Waals surface area contributed by atoms with Crippen molar-refractivity contribution in [3.8, 4) is 0 Å². The minimum absolute atomic E-state index is 0.00263. The molecule has 170 valence electrons. The normalized spacial score (nSPS) is 20.1. The highest BCUT2D eigenvalue weighted by Crippen LogP contribution is 2.21. The fourth-order valence-corrected chi connectivity index (χ4v) is 4.31. The summed E-state index contributed by atoms with van der Waals surface area (Å²) in [6.45, 7) is 7.62. The summed E-state index contributed by atoms with van der Waals surface area (Å²) in [5, 5.41) is 0.673. The largest absolute Gasteiger partial charge is 0.444 e. The van der Waals surface area contributed by atoms with E-state index in [4.69, 9.17) is 16.3 Å². The lowest BCUT2D eigenvalue weighted by Crippen LogP contribution is -2.59. The van der Waals surface area contributed by atoms with E-state index in [-0.39, 0.29) is 24.4 Å². The number of aryl methyl sites for hydroxylation is 1. The standard InChI is InChI=1S/C23H32ClN3O4/c1-23(2,3)31-22(30)26-12-13-27(21(29)16-26)19-8-5-11-25(15-19)20(28)10-9-17-6-4-7-18(24)14-17/h4,6-7,14,19H,5,8-13,15-16H2,1-3H3. The van der Waals surface area contributed by atoms with Gasteiger partial charge >= 0.3 is 6.09 Å². The van der Waals surface area contributed by atoms with Gasteiger partial charge in [-0.25, -0.2) is 4.79 Å². The van der Waals surface area contributed by atoms with E-state index >= 15 is 0 Å². The average molecular weight is 450 g/mol. The van der Waals surface area contributed by atoms with Crippen LogP contribution < -0.4 is 0 Å². The summed E-state index contributed by atoms with van der Waals surface area (Å²) in [7, 11) is 0. The molecule has 8 heteroatoms. The van der Waals surface area contributed by atoms with E-state index in [2.05, 4.69) is 0 Å². The van der Waals surface area contributed by atoms with Crippen LogP contribution in [0.4, 0.5) is 4.79 Å². The molecule has 1 aromatic rings. The number of likely N-dealkylation sites (tertiary alicyclic amines) is 1. The van der Waals surface area contributed by atoms with Crippen LogP contribution in [0.2, 0.25) is 5.02 Å². The predicted octanol–water partition coefficient (Wildman–Crippen LogP) is 3.34. The maximum absolute atomic E-state index is 12.8. The lowest BCUT2D eigenvalue weighted by atomic mass is 10.0. The fourth-order valence-electron chi connectivity index (χ4n) is 4.09. The van der Waals surface area contributed by atoms with E-state index in [1.807, 2.05) is 54.8 Å². The zero-order valence-electron chi connectivity index (χ0n) is 18.6. The first-order valence-corrected chi connectivity index (χ1v) is 11.3.